The number of para-hydroxylation sites is 1. The largest absolute Gasteiger partial charge is 0.508 e. The summed E-state index contributed by atoms with van der Waals surface area (Å²) in [5.41, 5.74) is 0.670. The van der Waals surface area contributed by atoms with Gasteiger partial charge in [0.05, 0.1) is 5.02 Å². The highest BCUT2D eigenvalue weighted by atomic mass is 35.5. The summed E-state index contributed by atoms with van der Waals surface area (Å²) in [5.74, 6) is -0.250. The fourth-order valence-electron chi connectivity index (χ4n) is 1.38. The van der Waals surface area contributed by atoms with E-state index in [9.17, 15) is 9.50 Å². The Labute approximate surface area is 103 Å². The molecule has 1 aromatic heterocycles. The molecule has 0 spiro atoms. The molecule has 0 fully saturated rings. The molecule has 3 nitrogen and oxygen atoms in total. The first-order chi connectivity index (χ1) is 8.16. The summed E-state index contributed by atoms with van der Waals surface area (Å²) in [5, 5.41) is 12.6. The summed E-state index contributed by atoms with van der Waals surface area (Å²) in [6, 6.07) is 8.02. The number of phenols is 1. The lowest BCUT2D eigenvalue weighted by Gasteiger charge is -2.08. The Morgan fingerprint density at radius 3 is 2.82 bits per heavy atom. The van der Waals surface area contributed by atoms with E-state index in [1.54, 1.807) is 24.3 Å². The van der Waals surface area contributed by atoms with E-state index < -0.39 is 5.82 Å². The molecule has 2 aromatic rings. The van der Waals surface area contributed by atoms with Gasteiger partial charge in [-0.15, -0.1) is 0 Å². The van der Waals surface area contributed by atoms with Crippen LogP contribution in [0.15, 0.2) is 36.5 Å². The number of aromatic hydroxyl groups is 1. The van der Waals surface area contributed by atoms with Crippen LogP contribution < -0.4 is 5.32 Å². The second kappa shape index (κ2) is 5.01. The van der Waals surface area contributed by atoms with Crippen molar-refractivity contribution < 1.29 is 9.50 Å². The predicted molar refractivity (Wildman–Crippen MR) is 64.6 cm³/mol. The number of nitrogens with zero attached hydrogens (tertiary/aromatic N) is 1. The standard InChI is InChI=1S/C12H10ClFN2O/c13-9-5-10(14)12(16-7-9)15-6-8-3-1-2-4-11(8)17/h1-5,7,17H,6H2,(H,15,16). The zero-order valence-corrected chi connectivity index (χ0v) is 9.58. The first-order valence-electron chi connectivity index (χ1n) is 4.98. The van der Waals surface area contributed by atoms with Crippen molar-refractivity contribution in [1.29, 1.82) is 0 Å². The van der Waals surface area contributed by atoms with E-state index in [0.717, 1.165) is 0 Å². The second-order valence-electron chi connectivity index (χ2n) is 3.47. The molecule has 0 amide bonds. The lowest BCUT2D eigenvalue weighted by atomic mass is 10.2. The number of aromatic nitrogens is 1. The molecule has 0 aliphatic carbocycles. The van der Waals surface area contributed by atoms with Gasteiger partial charge in [0, 0.05) is 18.3 Å². The summed E-state index contributed by atoms with van der Waals surface area (Å²) in [4.78, 5) is 3.82. The molecule has 0 atom stereocenters. The Morgan fingerprint density at radius 2 is 2.12 bits per heavy atom. The van der Waals surface area contributed by atoms with Gasteiger partial charge in [-0.3, -0.25) is 0 Å². The molecule has 5 heteroatoms. The lowest BCUT2D eigenvalue weighted by Crippen LogP contribution is -2.03. The number of halogens is 2. The number of anilines is 1. The molecule has 0 radical (unpaired) electrons. The maximum atomic E-state index is 13.4. The second-order valence-corrected chi connectivity index (χ2v) is 3.90. The van der Waals surface area contributed by atoms with Crippen LogP contribution in [-0.4, -0.2) is 10.1 Å². The first-order valence-corrected chi connectivity index (χ1v) is 5.36. The van der Waals surface area contributed by atoms with Crippen LogP contribution in [-0.2, 0) is 6.54 Å². The Balaban J connectivity index is 2.10. The van der Waals surface area contributed by atoms with Gasteiger partial charge in [0.25, 0.3) is 0 Å². The topological polar surface area (TPSA) is 45.1 Å². The Morgan fingerprint density at radius 1 is 1.35 bits per heavy atom. The van der Waals surface area contributed by atoms with Crippen LogP contribution in [0.3, 0.4) is 0 Å². The molecular formula is C12H10ClFN2O. The number of phenolic OH excluding ortho intramolecular Hbond substituents is 1. The number of pyridine rings is 1. The van der Waals surface area contributed by atoms with Crippen molar-refractivity contribution in [3.8, 4) is 5.75 Å². The van der Waals surface area contributed by atoms with Gasteiger partial charge in [0.15, 0.2) is 11.6 Å². The van der Waals surface area contributed by atoms with Gasteiger partial charge in [-0.2, -0.15) is 0 Å². The van der Waals surface area contributed by atoms with Gasteiger partial charge in [-0.05, 0) is 12.1 Å². The lowest BCUT2D eigenvalue weighted by molar-refractivity contribution is 0.469. The van der Waals surface area contributed by atoms with E-state index in [4.69, 9.17) is 11.6 Å². The summed E-state index contributed by atoms with van der Waals surface area (Å²) < 4.78 is 13.4. The van der Waals surface area contributed by atoms with Crippen LogP contribution in [0.1, 0.15) is 5.56 Å². The third-order valence-corrected chi connectivity index (χ3v) is 2.45. The minimum Gasteiger partial charge on any atom is -0.508 e. The van der Waals surface area contributed by atoms with Crippen molar-refractivity contribution in [3.05, 3.63) is 52.9 Å². The Hall–Kier alpha value is -1.81. The fourth-order valence-corrected chi connectivity index (χ4v) is 1.53. The highest BCUT2D eigenvalue weighted by Crippen LogP contribution is 2.19. The predicted octanol–water partition coefficient (Wildman–Crippen LogP) is 3.19. The van der Waals surface area contributed by atoms with Crippen molar-refractivity contribution >= 4 is 17.4 Å². The molecule has 0 saturated heterocycles. The number of benzene rings is 1. The number of rotatable bonds is 3. The molecule has 1 heterocycles. The molecule has 88 valence electrons. The van der Waals surface area contributed by atoms with Gasteiger partial charge in [0.1, 0.15) is 5.75 Å². The third-order valence-electron chi connectivity index (χ3n) is 2.25. The van der Waals surface area contributed by atoms with E-state index in [2.05, 4.69) is 10.3 Å². The van der Waals surface area contributed by atoms with E-state index in [-0.39, 0.29) is 23.1 Å². The first kappa shape index (κ1) is 11.7. The van der Waals surface area contributed by atoms with E-state index >= 15 is 0 Å². The van der Waals surface area contributed by atoms with Crippen molar-refractivity contribution in [3.63, 3.8) is 0 Å². The van der Waals surface area contributed by atoms with Gasteiger partial charge < -0.3 is 10.4 Å². The molecule has 0 aliphatic rings. The van der Waals surface area contributed by atoms with E-state index in [1.807, 2.05) is 0 Å². The fraction of sp³-hybridized carbons (Fsp3) is 0.0833. The molecule has 0 aliphatic heterocycles. The molecular weight excluding hydrogens is 243 g/mol. The summed E-state index contributed by atoms with van der Waals surface area (Å²) >= 11 is 5.59. The molecule has 2 rings (SSSR count). The zero-order valence-electron chi connectivity index (χ0n) is 8.82. The third kappa shape index (κ3) is 2.85. The van der Waals surface area contributed by atoms with Crippen molar-refractivity contribution in [2.45, 2.75) is 6.54 Å². The van der Waals surface area contributed by atoms with Crippen LogP contribution in [0.4, 0.5) is 10.2 Å². The van der Waals surface area contributed by atoms with Crippen molar-refractivity contribution in [2.24, 2.45) is 0 Å². The van der Waals surface area contributed by atoms with E-state index in [0.29, 0.717) is 5.56 Å². The van der Waals surface area contributed by atoms with Crippen LogP contribution in [0.25, 0.3) is 0 Å². The summed E-state index contributed by atoms with van der Waals surface area (Å²) in [6.07, 6.45) is 1.36. The molecule has 1 aromatic carbocycles. The highest BCUT2D eigenvalue weighted by molar-refractivity contribution is 6.30. The average Bonchev–Trinajstić information content (AvgIpc) is 2.30. The molecule has 0 unspecified atom stereocenters. The smallest absolute Gasteiger partial charge is 0.166 e. The number of hydrogen-bond donors (Lipinski definition) is 2. The van der Waals surface area contributed by atoms with Gasteiger partial charge in [0.2, 0.25) is 0 Å². The maximum absolute atomic E-state index is 13.4. The quantitative estimate of drug-likeness (QED) is 0.882. The zero-order chi connectivity index (χ0) is 12.3. The number of hydrogen-bond acceptors (Lipinski definition) is 3. The molecule has 2 N–H and O–H groups in total. The minimum absolute atomic E-state index is 0.109. The van der Waals surface area contributed by atoms with Gasteiger partial charge in [-0.25, -0.2) is 9.37 Å². The number of nitrogens with one attached hydrogen (secondary N) is 1. The average molecular weight is 253 g/mol. The molecule has 0 saturated carbocycles. The highest BCUT2D eigenvalue weighted by Gasteiger charge is 2.05. The monoisotopic (exact) mass is 252 g/mol. The van der Waals surface area contributed by atoms with E-state index in [1.165, 1.54) is 12.3 Å². The van der Waals surface area contributed by atoms with Crippen molar-refractivity contribution in [2.75, 3.05) is 5.32 Å². The minimum atomic E-state index is -0.520. The Bertz CT molecular complexity index is 534. The molecule has 0 bridgehead atoms. The maximum Gasteiger partial charge on any atom is 0.166 e. The molecule has 17 heavy (non-hydrogen) atoms. The Kier molecular flexibility index (Phi) is 3.44. The SMILES string of the molecule is Oc1ccccc1CNc1ncc(Cl)cc1F. The van der Waals surface area contributed by atoms with Gasteiger partial charge >= 0.3 is 0 Å². The summed E-state index contributed by atoms with van der Waals surface area (Å²) in [7, 11) is 0. The van der Waals surface area contributed by atoms with Crippen LogP contribution in [0, 0.1) is 5.82 Å². The summed E-state index contributed by atoms with van der Waals surface area (Å²) in [6.45, 7) is 0.290. The van der Waals surface area contributed by atoms with Crippen LogP contribution in [0.2, 0.25) is 5.02 Å². The van der Waals surface area contributed by atoms with Crippen LogP contribution >= 0.6 is 11.6 Å². The van der Waals surface area contributed by atoms with Crippen LogP contribution in [0.5, 0.6) is 5.75 Å². The van der Waals surface area contributed by atoms with Crippen molar-refractivity contribution in [1.82, 2.24) is 4.98 Å². The normalized spacial score (nSPS) is 10.2. The van der Waals surface area contributed by atoms with Gasteiger partial charge in [-0.1, -0.05) is 29.8 Å².